The number of nitrogens with zero attached hydrogens (tertiary/aromatic N) is 1. The fourth-order valence-electron chi connectivity index (χ4n) is 5.72. The highest BCUT2D eigenvalue weighted by Gasteiger charge is 2.25. The van der Waals surface area contributed by atoms with Crippen LogP contribution in [0.4, 0.5) is 5.69 Å². The summed E-state index contributed by atoms with van der Waals surface area (Å²) in [4.78, 5) is 2.28. The Morgan fingerprint density at radius 2 is 1.76 bits per heavy atom. The Morgan fingerprint density at radius 1 is 1.00 bits per heavy atom. The van der Waals surface area contributed by atoms with E-state index in [4.69, 9.17) is 4.74 Å². The van der Waals surface area contributed by atoms with Crippen molar-refractivity contribution in [1.82, 2.24) is 5.32 Å². The molecule has 0 fully saturated rings. The van der Waals surface area contributed by atoms with Gasteiger partial charge in [-0.05, 0) is 98.0 Å². The van der Waals surface area contributed by atoms with Crippen molar-refractivity contribution in [1.29, 1.82) is 0 Å². The second kappa shape index (κ2) is 12.0. The highest BCUT2D eigenvalue weighted by atomic mass is 16.5. The van der Waals surface area contributed by atoms with Gasteiger partial charge in [0.1, 0.15) is 11.5 Å². The lowest BCUT2D eigenvalue weighted by Crippen LogP contribution is -2.41. The summed E-state index contributed by atoms with van der Waals surface area (Å²) in [6.07, 6.45) is 3.89. The number of phenolic OH excluding ortho intramolecular Hbond substituents is 1. The number of methoxy groups -OCH3 is 1. The Balaban J connectivity index is 1.59. The number of ether oxygens (including phenoxy) is 1. The van der Waals surface area contributed by atoms with E-state index in [-0.39, 0.29) is 12.1 Å². The maximum atomic E-state index is 9.98. The van der Waals surface area contributed by atoms with Crippen molar-refractivity contribution in [2.45, 2.75) is 64.5 Å². The lowest BCUT2D eigenvalue weighted by Gasteiger charge is -2.32. The number of fused-ring (bicyclic) bond motifs is 1. The quantitative estimate of drug-likeness (QED) is 0.318. The molecular formula is C32H42N2O3. The number of nitrogens with one attached hydrogen (secondary N) is 1. The molecule has 4 rings (SSSR count). The van der Waals surface area contributed by atoms with Crippen molar-refractivity contribution in [3.8, 4) is 11.5 Å². The van der Waals surface area contributed by atoms with Crippen LogP contribution >= 0.6 is 0 Å². The predicted molar refractivity (Wildman–Crippen MR) is 152 cm³/mol. The lowest BCUT2D eigenvalue weighted by atomic mass is 9.79. The number of likely N-dealkylation sites (N-methyl/N-ethyl adjacent to an activating group) is 1. The summed E-state index contributed by atoms with van der Waals surface area (Å²) >= 11 is 0. The number of anilines is 1. The van der Waals surface area contributed by atoms with Gasteiger partial charge in [0.15, 0.2) is 0 Å². The molecule has 198 valence electrons. The van der Waals surface area contributed by atoms with Gasteiger partial charge in [-0.15, -0.1) is 0 Å². The van der Waals surface area contributed by atoms with Crippen LogP contribution < -0.4 is 15.0 Å². The first-order valence-electron chi connectivity index (χ1n) is 13.5. The van der Waals surface area contributed by atoms with Crippen molar-refractivity contribution in [2.24, 2.45) is 0 Å². The minimum Gasteiger partial charge on any atom is -0.508 e. The maximum absolute atomic E-state index is 9.98. The molecule has 0 aliphatic heterocycles. The van der Waals surface area contributed by atoms with Gasteiger partial charge in [0.05, 0.1) is 13.7 Å². The Morgan fingerprint density at radius 3 is 2.46 bits per heavy atom. The molecule has 3 N–H and O–H groups in total. The first-order valence-corrected chi connectivity index (χ1v) is 13.5. The monoisotopic (exact) mass is 502 g/mol. The first-order chi connectivity index (χ1) is 17.8. The average Bonchev–Trinajstić information content (AvgIpc) is 2.88. The van der Waals surface area contributed by atoms with E-state index in [0.717, 1.165) is 50.2 Å². The van der Waals surface area contributed by atoms with Crippen LogP contribution in [0.1, 0.15) is 60.9 Å². The topological polar surface area (TPSA) is 65.0 Å². The van der Waals surface area contributed by atoms with Gasteiger partial charge >= 0.3 is 0 Å². The Bertz CT molecular complexity index is 1170. The van der Waals surface area contributed by atoms with E-state index in [1.807, 2.05) is 12.1 Å². The average molecular weight is 503 g/mol. The summed E-state index contributed by atoms with van der Waals surface area (Å²) in [5.41, 5.74) is 7.56. The molecule has 1 unspecified atom stereocenters. The number of aliphatic hydroxyl groups is 1. The number of aryl methyl sites for hydroxylation is 1. The van der Waals surface area contributed by atoms with Crippen LogP contribution in [0.5, 0.6) is 11.5 Å². The molecule has 37 heavy (non-hydrogen) atoms. The van der Waals surface area contributed by atoms with Crippen LogP contribution in [0.3, 0.4) is 0 Å². The van der Waals surface area contributed by atoms with Gasteiger partial charge in [0.2, 0.25) is 0 Å². The van der Waals surface area contributed by atoms with Crippen LogP contribution in [-0.4, -0.2) is 42.6 Å². The third-order valence-corrected chi connectivity index (χ3v) is 7.50. The summed E-state index contributed by atoms with van der Waals surface area (Å²) in [7, 11) is 1.70. The molecule has 0 saturated heterocycles. The van der Waals surface area contributed by atoms with Gasteiger partial charge in [-0.3, -0.25) is 0 Å². The molecule has 0 saturated carbocycles. The number of benzene rings is 3. The number of phenols is 1. The number of aromatic hydroxyl groups is 1. The van der Waals surface area contributed by atoms with Gasteiger partial charge < -0.3 is 25.2 Å². The number of hydrogen-bond acceptors (Lipinski definition) is 5. The third kappa shape index (κ3) is 6.85. The van der Waals surface area contributed by atoms with Crippen molar-refractivity contribution in [3.63, 3.8) is 0 Å². The molecule has 3 aromatic carbocycles. The third-order valence-electron chi connectivity index (χ3n) is 7.50. The number of hydrogen-bond donors (Lipinski definition) is 3. The largest absolute Gasteiger partial charge is 0.508 e. The van der Waals surface area contributed by atoms with Crippen LogP contribution in [0, 0.1) is 0 Å². The number of aliphatic hydroxyl groups excluding tert-OH is 1. The molecular weight excluding hydrogens is 460 g/mol. The molecule has 1 atom stereocenters. The standard InChI is InChI=1S/C32H42N2O3/c1-5-33-32(2,3)21-23-6-8-24(9-7-23)22-34(16-17-35)31-20-29(37-4)14-15-30(31)27-11-10-26-19-28(36)13-12-25(26)18-27/h6-9,12-15,19-20,27,33,35-36H,5,10-11,16-18,21-22H2,1-4H3. The second-order valence-electron chi connectivity index (χ2n) is 10.9. The minimum atomic E-state index is 0.0616. The highest BCUT2D eigenvalue weighted by Crippen LogP contribution is 2.40. The van der Waals surface area contributed by atoms with Gasteiger partial charge in [0, 0.05) is 30.4 Å². The van der Waals surface area contributed by atoms with E-state index in [2.05, 4.69) is 73.5 Å². The molecule has 1 aliphatic carbocycles. The van der Waals surface area contributed by atoms with Crippen LogP contribution in [0.25, 0.3) is 0 Å². The van der Waals surface area contributed by atoms with Crippen LogP contribution in [0.2, 0.25) is 0 Å². The summed E-state index contributed by atoms with van der Waals surface area (Å²) in [5.74, 6) is 1.53. The smallest absolute Gasteiger partial charge is 0.120 e. The van der Waals surface area contributed by atoms with E-state index in [9.17, 15) is 10.2 Å². The van der Waals surface area contributed by atoms with Crippen molar-refractivity contribution < 1.29 is 14.9 Å². The van der Waals surface area contributed by atoms with E-state index < -0.39 is 0 Å². The molecule has 0 radical (unpaired) electrons. The molecule has 0 spiro atoms. The van der Waals surface area contributed by atoms with Gasteiger partial charge in [-0.1, -0.05) is 43.3 Å². The van der Waals surface area contributed by atoms with E-state index in [1.54, 1.807) is 13.2 Å². The van der Waals surface area contributed by atoms with Crippen LogP contribution in [0.15, 0.2) is 60.7 Å². The van der Waals surface area contributed by atoms with E-state index >= 15 is 0 Å². The summed E-state index contributed by atoms with van der Waals surface area (Å²) in [5, 5.41) is 23.4. The summed E-state index contributed by atoms with van der Waals surface area (Å²) in [6.45, 7) is 8.93. The first kappa shape index (κ1) is 27.0. The van der Waals surface area contributed by atoms with Gasteiger partial charge in [-0.2, -0.15) is 0 Å². The van der Waals surface area contributed by atoms with Crippen molar-refractivity contribution in [2.75, 3.05) is 31.7 Å². The molecule has 0 aromatic heterocycles. The molecule has 5 heteroatoms. The van der Waals surface area contributed by atoms with Crippen LogP contribution in [-0.2, 0) is 25.8 Å². The summed E-state index contributed by atoms with van der Waals surface area (Å²) in [6, 6.07) is 21.0. The van der Waals surface area contributed by atoms with Gasteiger partial charge in [0.25, 0.3) is 0 Å². The molecule has 1 aliphatic rings. The fourth-order valence-corrected chi connectivity index (χ4v) is 5.72. The van der Waals surface area contributed by atoms with Gasteiger partial charge in [-0.25, -0.2) is 0 Å². The lowest BCUT2D eigenvalue weighted by molar-refractivity contribution is 0.301. The van der Waals surface area contributed by atoms with Crippen molar-refractivity contribution >= 4 is 5.69 Å². The fraction of sp³-hybridized carbons (Fsp3) is 0.438. The minimum absolute atomic E-state index is 0.0616. The molecule has 0 bridgehead atoms. The molecule has 0 amide bonds. The highest BCUT2D eigenvalue weighted by molar-refractivity contribution is 5.60. The van der Waals surface area contributed by atoms with Crippen molar-refractivity contribution in [3.05, 3.63) is 88.5 Å². The summed E-state index contributed by atoms with van der Waals surface area (Å²) < 4.78 is 5.60. The molecule has 5 nitrogen and oxygen atoms in total. The molecule has 0 heterocycles. The Kier molecular flexibility index (Phi) is 8.78. The predicted octanol–water partition coefficient (Wildman–Crippen LogP) is 5.60. The Hall–Kier alpha value is -3.02. The molecule has 3 aromatic rings. The van der Waals surface area contributed by atoms with E-state index in [1.165, 1.54) is 27.8 Å². The zero-order valence-electron chi connectivity index (χ0n) is 22.8. The zero-order chi connectivity index (χ0) is 26.4. The van der Waals surface area contributed by atoms with E-state index in [0.29, 0.717) is 18.2 Å². The zero-order valence-corrected chi connectivity index (χ0v) is 22.8. The maximum Gasteiger partial charge on any atom is 0.120 e. The number of rotatable bonds is 11. The Labute approximate surface area is 222 Å². The normalized spacial score (nSPS) is 15.3. The second-order valence-corrected chi connectivity index (χ2v) is 10.9. The SMILES string of the molecule is CCNC(C)(C)Cc1ccc(CN(CCO)c2cc(OC)ccc2C2CCc3cc(O)ccc3C2)cc1.